The minimum atomic E-state index is -0.987. The van der Waals surface area contributed by atoms with E-state index in [0.717, 1.165) is 44.8 Å². The standard InChI is InChI=1S/C42H44N6O8/c1-5-53-37-13-27-29-11-25(7-9-33(29)47-39(23-17-43-21-44-18-23)31(27)15-35(37)51-3)55-41(49)42(50)56-26-8-10-34-30(12-26)28-14-38(54-6-2)36(52-4)16-32(28)40(48-34)24-19-45-22-46-20-24/h13-22,25-26,29-30,33-34H,5-12H2,1-4H3/t25-,26-,29-,30-,33-,34-/m1/s1. The summed E-state index contributed by atoms with van der Waals surface area (Å²) in [7, 11) is 3.21. The van der Waals surface area contributed by atoms with Gasteiger partial charge >= 0.3 is 11.9 Å². The van der Waals surface area contributed by atoms with E-state index in [9.17, 15) is 9.59 Å². The summed E-state index contributed by atoms with van der Waals surface area (Å²) in [6.45, 7) is 4.78. The van der Waals surface area contributed by atoms with Crippen LogP contribution < -0.4 is 18.9 Å². The van der Waals surface area contributed by atoms with Crippen molar-refractivity contribution in [3.63, 3.8) is 0 Å². The van der Waals surface area contributed by atoms with Gasteiger partial charge in [-0.1, -0.05) is 0 Å². The summed E-state index contributed by atoms with van der Waals surface area (Å²) < 4.78 is 35.1. The normalized spacial score (nSPS) is 23.4. The molecule has 0 radical (unpaired) electrons. The van der Waals surface area contributed by atoms with Crippen molar-refractivity contribution in [2.45, 2.75) is 88.5 Å². The van der Waals surface area contributed by atoms with Crippen molar-refractivity contribution in [3.8, 4) is 23.0 Å². The highest BCUT2D eigenvalue weighted by Gasteiger charge is 2.42. The van der Waals surface area contributed by atoms with Crippen molar-refractivity contribution < 1.29 is 38.0 Å². The molecule has 4 heterocycles. The first-order chi connectivity index (χ1) is 27.4. The molecular weight excluding hydrogens is 716 g/mol. The summed E-state index contributed by atoms with van der Waals surface area (Å²) in [4.78, 5) is 54.0. The lowest BCUT2D eigenvalue weighted by molar-refractivity contribution is -0.176. The van der Waals surface area contributed by atoms with E-state index < -0.39 is 24.1 Å². The minimum Gasteiger partial charge on any atom is -0.493 e. The Kier molecular flexibility index (Phi) is 10.6. The molecule has 0 bridgehead atoms. The van der Waals surface area contributed by atoms with Gasteiger partial charge in [-0.15, -0.1) is 0 Å². The summed E-state index contributed by atoms with van der Waals surface area (Å²) in [5.41, 5.74) is 6.94. The summed E-state index contributed by atoms with van der Waals surface area (Å²) >= 11 is 0. The Morgan fingerprint density at radius 1 is 0.589 bits per heavy atom. The van der Waals surface area contributed by atoms with Crippen LogP contribution in [0.4, 0.5) is 0 Å². The van der Waals surface area contributed by atoms with Crippen LogP contribution in [0.15, 0.2) is 71.7 Å². The first-order valence-corrected chi connectivity index (χ1v) is 19.2. The molecule has 2 aliphatic carbocycles. The van der Waals surface area contributed by atoms with Crippen molar-refractivity contribution >= 4 is 23.4 Å². The fourth-order valence-corrected chi connectivity index (χ4v) is 8.63. The Labute approximate surface area is 324 Å². The molecule has 14 heteroatoms. The fraction of sp³-hybridized carbons (Fsp3) is 0.429. The van der Waals surface area contributed by atoms with E-state index in [4.69, 9.17) is 38.4 Å². The number of aromatic nitrogens is 4. The number of hydrogen-bond donors (Lipinski definition) is 0. The number of nitrogens with zero attached hydrogens (tertiary/aromatic N) is 6. The van der Waals surface area contributed by atoms with Crippen LogP contribution in [0, 0.1) is 0 Å². The lowest BCUT2D eigenvalue weighted by Crippen LogP contribution is -2.39. The predicted molar refractivity (Wildman–Crippen MR) is 204 cm³/mol. The molecule has 0 spiro atoms. The van der Waals surface area contributed by atoms with Gasteiger partial charge in [0.05, 0.1) is 50.9 Å². The summed E-state index contributed by atoms with van der Waals surface area (Å²) in [5, 5.41) is 0. The van der Waals surface area contributed by atoms with Gasteiger partial charge in [-0.25, -0.2) is 29.5 Å². The Hall–Kier alpha value is -5.92. The number of aliphatic imine (C=N–C) groups is 2. The van der Waals surface area contributed by atoms with Gasteiger partial charge in [0.2, 0.25) is 0 Å². The van der Waals surface area contributed by atoms with E-state index >= 15 is 0 Å². The summed E-state index contributed by atoms with van der Waals surface area (Å²) in [6, 6.07) is 7.73. The number of carbonyl (C=O) groups excluding carboxylic acids is 2. The molecule has 2 aromatic carbocycles. The summed E-state index contributed by atoms with van der Waals surface area (Å²) in [6.07, 6.45) is 12.3. The molecule has 2 aromatic heterocycles. The van der Waals surface area contributed by atoms with Gasteiger partial charge in [-0.3, -0.25) is 9.98 Å². The van der Waals surface area contributed by atoms with E-state index in [1.54, 1.807) is 39.0 Å². The third-order valence-corrected chi connectivity index (χ3v) is 11.1. The average molecular weight is 761 g/mol. The molecule has 290 valence electrons. The van der Waals surface area contributed by atoms with E-state index in [2.05, 4.69) is 19.9 Å². The lowest BCUT2D eigenvalue weighted by Gasteiger charge is -2.39. The monoisotopic (exact) mass is 760 g/mol. The zero-order valence-corrected chi connectivity index (χ0v) is 31.8. The molecule has 56 heavy (non-hydrogen) atoms. The van der Waals surface area contributed by atoms with Gasteiger partial charge in [0.25, 0.3) is 0 Å². The number of esters is 2. The van der Waals surface area contributed by atoms with Crippen LogP contribution in [0.2, 0.25) is 0 Å². The quantitative estimate of drug-likeness (QED) is 0.146. The van der Waals surface area contributed by atoms with Gasteiger partial charge < -0.3 is 28.4 Å². The topological polar surface area (TPSA) is 166 Å². The zero-order valence-electron chi connectivity index (χ0n) is 31.8. The molecule has 14 nitrogen and oxygen atoms in total. The molecule has 2 saturated carbocycles. The smallest absolute Gasteiger partial charge is 0.417 e. The van der Waals surface area contributed by atoms with Crippen LogP contribution in [0.25, 0.3) is 0 Å². The van der Waals surface area contributed by atoms with Gasteiger partial charge in [-0.2, -0.15) is 0 Å². The second-order valence-corrected chi connectivity index (χ2v) is 14.3. The number of rotatable bonds is 10. The number of hydrogen-bond acceptors (Lipinski definition) is 14. The highest BCUT2D eigenvalue weighted by molar-refractivity contribution is 6.29. The molecule has 8 rings (SSSR count). The van der Waals surface area contributed by atoms with Gasteiger partial charge in [0, 0.05) is 58.9 Å². The SMILES string of the molecule is CCOc1cc2c(cc1OC)C(c1cncnc1)=N[C@@H]1CC[C@@H](OC(=O)C(=O)O[C@@H]3CC[C@H]4N=C(c5cncnc5)c5cc(OC)c(OCC)cc5[C@H]4C3)C[C@H]21. The Morgan fingerprint density at radius 3 is 1.38 bits per heavy atom. The van der Waals surface area contributed by atoms with Crippen LogP contribution in [0.3, 0.4) is 0 Å². The van der Waals surface area contributed by atoms with Crippen molar-refractivity contribution in [3.05, 3.63) is 95.1 Å². The highest BCUT2D eigenvalue weighted by Crippen LogP contribution is 2.47. The van der Waals surface area contributed by atoms with E-state index in [1.807, 2.05) is 38.1 Å². The molecule has 4 aromatic rings. The van der Waals surface area contributed by atoms with Crippen molar-refractivity contribution in [1.82, 2.24) is 19.9 Å². The van der Waals surface area contributed by atoms with Crippen LogP contribution in [-0.4, -0.2) is 95.0 Å². The third kappa shape index (κ3) is 7.15. The Balaban J connectivity index is 0.979. The van der Waals surface area contributed by atoms with Crippen molar-refractivity contribution in [2.75, 3.05) is 27.4 Å². The largest absolute Gasteiger partial charge is 0.493 e. The average Bonchev–Trinajstić information content (AvgIpc) is 3.23. The second kappa shape index (κ2) is 16.0. The zero-order chi connectivity index (χ0) is 38.8. The number of carbonyl (C=O) groups is 2. The summed E-state index contributed by atoms with van der Waals surface area (Å²) in [5.74, 6) is 0.293. The van der Waals surface area contributed by atoms with Crippen LogP contribution >= 0.6 is 0 Å². The second-order valence-electron chi connectivity index (χ2n) is 14.3. The minimum absolute atomic E-state index is 0.0724. The molecule has 0 unspecified atom stereocenters. The molecule has 0 amide bonds. The first kappa shape index (κ1) is 37.0. The fourth-order valence-electron chi connectivity index (χ4n) is 8.63. The van der Waals surface area contributed by atoms with Crippen LogP contribution in [-0.2, 0) is 19.1 Å². The lowest BCUT2D eigenvalue weighted by atomic mass is 9.74. The van der Waals surface area contributed by atoms with Crippen molar-refractivity contribution in [1.29, 1.82) is 0 Å². The van der Waals surface area contributed by atoms with E-state index in [0.29, 0.717) is 74.7 Å². The van der Waals surface area contributed by atoms with Crippen LogP contribution in [0.5, 0.6) is 23.0 Å². The Bertz CT molecular complexity index is 2010. The Morgan fingerprint density at radius 2 is 1.00 bits per heavy atom. The van der Waals surface area contributed by atoms with E-state index in [-0.39, 0.29) is 23.9 Å². The predicted octanol–water partition coefficient (Wildman–Crippen LogP) is 5.58. The number of methoxy groups -OCH3 is 2. The van der Waals surface area contributed by atoms with E-state index in [1.165, 1.54) is 12.7 Å². The number of ether oxygens (including phenoxy) is 6. The molecular formula is C42H44N6O8. The first-order valence-electron chi connectivity index (χ1n) is 19.2. The molecule has 2 aliphatic heterocycles. The molecule has 0 N–H and O–H groups in total. The van der Waals surface area contributed by atoms with Gasteiger partial charge in [0.1, 0.15) is 24.9 Å². The number of benzene rings is 2. The third-order valence-electron chi connectivity index (χ3n) is 11.1. The molecule has 6 atom stereocenters. The maximum Gasteiger partial charge on any atom is 0.417 e. The molecule has 2 fully saturated rings. The van der Waals surface area contributed by atoms with Crippen molar-refractivity contribution in [2.24, 2.45) is 9.98 Å². The van der Waals surface area contributed by atoms with Gasteiger partial charge in [0.15, 0.2) is 23.0 Å². The maximum atomic E-state index is 13.4. The van der Waals surface area contributed by atoms with Crippen LogP contribution in [0.1, 0.15) is 97.6 Å². The molecule has 0 saturated heterocycles. The van der Waals surface area contributed by atoms with Gasteiger partial charge in [-0.05, 0) is 87.8 Å². The molecule has 4 aliphatic rings. The maximum absolute atomic E-state index is 13.4. The number of fused-ring (bicyclic) bond motifs is 6. The highest BCUT2D eigenvalue weighted by atomic mass is 16.6.